The van der Waals surface area contributed by atoms with Crippen LogP contribution < -0.4 is 0 Å². The normalized spacial score (nSPS) is 20.5. The Balaban J connectivity index is 2.21. The number of carbonyl (C=O) groups is 2. The minimum atomic E-state index is -4.91. The largest absolute Gasteiger partial charge is 0.481 e. The fourth-order valence-electron chi connectivity index (χ4n) is 3.20. The molecule has 0 fully saturated rings. The molecule has 12 heteroatoms. The lowest BCUT2D eigenvalue weighted by atomic mass is 9.80. The second-order valence-electron chi connectivity index (χ2n) is 6.11. The highest BCUT2D eigenvalue weighted by molar-refractivity contribution is 6.00. The minimum Gasteiger partial charge on any atom is -0.481 e. The number of nitrogens with zero attached hydrogens (tertiary/aromatic N) is 3. The SMILES string of the molecule is O=C(O)C1c2ccccc2C(=O)N(C(F)C(F)F)C1c1cnc(C(F)(F)F)nc1. The van der Waals surface area contributed by atoms with Crippen molar-refractivity contribution in [2.45, 2.75) is 30.9 Å². The van der Waals surface area contributed by atoms with Crippen LogP contribution in [-0.4, -0.2) is 44.6 Å². The molecule has 0 bridgehead atoms. The van der Waals surface area contributed by atoms with Gasteiger partial charge in [0.25, 0.3) is 12.3 Å². The van der Waals surface area contributed by atoms with E-state index in [9.17, 15) is 41.0 Å². The third kappa shape index (κ3) is 3.61. The number of fused-ring (bicyclic) bond motifs is 1. The fraction of sp³-hybridized carbons (Fsp3) is 0.294. The zero-order chi connectivity index (χ0) is 21.5. The number of carboxylic acids is 1. The van der Waals surface area contributed by atoms with E-state index < -0.39 is 54.1 Å². The fourth-order valence-corrected chi connectivity index (χ4v) is 3.20. The Morgan fingerprint density at radius 3 is 2.21 bits per heavy atom. The van der Waals surface area contributed by atoms with Crippen LogP contribution in [0.3, 0.4) is 0 Å². The van der Waals surface area contributed by atoms with Gasteiger partial charge in [0.15, 0.2) is 0 Å². The van der Waals surface area contributed by atoms with Gasteiger partial charge in [0.05, 0.1) is 6.04 Å². The molecule has 2 heterocycles. The molecule has 0 spiro atoms. The van der Waals surface area contributed by atoms with Crippen LogP contribution in [0.5, 0.6) is 0 Å². The van der Waals surface area contributed by atoms with Gasteiger partial charge in [-0.2, -0.15) is 13.2 Å². The topological polar surface area (TPSA) is 83.4 Å². The van der Waals surface area contributed by atoms with Crippen molar-refractivity contribution in [3.05, 3.63) is 59.2 Å². The van der Waals surface area contributed by atoms with Crippen molar-refractivity contribution >= 4 is 11.9 Å². The van der Waals surface area contributed by atoms with E-state index in [2.05, 4.69) is 9.97 Å². The standard InChI is InChI=1S/C17H11F6N3O3/c18-12(19)13(20)26-11(7-5-24-16(25-6-7)17(21,22)23)10(15(28)29)8-3-1-2-4-9(8)14(26)27/h1-6,10-13H,(H,28,29). The number of benzene rings is 1. The Kier molecular flexibility index (Phi) is 5.20. The minimum absolute atomic E-state index is 0.0116. The molecule has 1 aromatic carbocycles. The molecular formula is C17H11F6N3O3. The van der Waals surface area contributed by atoms with Gasteiger partial charge in [-0.25, -0.2) is 23.1 Å². The third-order valence-corrected chi connectivity index (χ3v) is 4.38. The highest BCUT2D eigenvalue weighted by Gasteiger charge is 2.49. The second kappa shape index (κ2) is 7.33. The van der Waals surface area contributed by atoms with Crippen LogP contribution in [0.2, 0.25) is 0 Å². The summed E-state index contributed by atoms with van der Waals surface area (Å²) in [6.45, 7) is 0. The molecule has 0 aliphatic carbocycles. The zero-order valence-corrected chi connectivity index (χ0v) is 14.1. The predicted molar refractivity (Wildman–Crippen MR) is 83.7 cm³/mol. The Morgan fingerprint density at radius 1 is 1.10 bits per heavy atom. The van der Waals surface area contributed by atoms with E-state index in [4.69, 9.17) is 0 Å². The molecule has 1 amide bonds. The van der Waals surface area contributed by atoms with Crippen molar-refractivity contribution in [2.24, 2.45) is 0 Å². The summed E-state index contributed by atoms with van der Waals surface area (Å²) < 4.78 is 78.6. The lowest BCUT2D eigenvalue weighted by Gasteiger charge is -2.41. The van der Waals surface area contributed by atoms with E-state index in [-0.39, 0.29) is 16.0 Å². The van der Waals surface area contributed by atoms with Gasteiger partial charge in [0.2, 0.25) is 12.1 Å². The molecule has 3 atom stereocenters. The maximum Gasteiger partial charge on any atom is 0.451 e. The molecule has 1 aliphatic heterocycles. The number of alkyl halides is 6. The van der Waals surface area contributed by atoms with Crippen molar-refractivity contribution in [2.75, 3.05) is 0 Å². The van der Waals surface area contributed by atoms with Crippen molar-refractivity contribution < 1.29 is 41.0 Å². The van der Waals surface area contributed by atoms with Crippen LogP contribution in [0.25, 0.3) is 0 Å². The summed E-state index contributed by atoms with van der Waals surface area (Å²) in [5.41, 5.74) is -0.823. The van der Waals surface area contributed by atoms with Gasteiger partial charge in [-0.05, 0) is 11.6 Å². The van der Waals surface area contributed by atoms with E-state index >= 15 is 0 Å². The van der Waals surface area contributed by atoms with Gasteiger partial charge in [-0.15, -0.1) is 0 Å². The number of halogens is 6. The number of carbonyl (C=O) groups excluding carboxylic acids is 1. The Morgan fingerprint density at radius 2 is 1.69 bits per heavy atom. The highest BCUT2D eigenvalue weighted by atomic mass is 19.4. The van der Waals surface area contributed by atoms with E-state index in [0.29, 0.717) is 12.4 Å². The maximum absolute atomic E-state index is 14.3. The van der Waals surface area contributed by atoms with Crippen LogP contribution >= 0.6 is 0 Å². The lowest BCUT2D eigenvalue weighted by molar-refractivity contribution is -0.145. The maximum atomic E-state index is 14.3. The van der Waals surface area contributed by atoms with Gasteiger partial charge in [-0.1, -0.05) is 18.2 Å². The first kappa shape index (κ1) is 20.6. The summed E-state index contributed by atoms with van der Waals surface area (Å²) in [6, 6.07) is 3.24. The summed E-state index contributed by atoms with van der Waals surface area (Å²) in [5, 5.41) is 9.66. The Bertz CT molecular complexity index is 935. The highest BCUT2D eigenvalue weighted by Crippen LogP contribution is 2.44. The quantitative estimate of drug-likeness (QED) is 0.607. The molecule has 6 nitrogen and oxygen atoms in total. The molecule has 2 aromatic rings. The van der Waals surface area contributed by atoms with Crippen LogP contribution in [0.15, 0.2) is 36.7 Å². The van der Waals surface area contributed by atoms with E-state index in [1.807, 2.05) is 0 Å². The molecule has 0 saturated carbocycles. The number of amides is 1. The first-order valence-electron chi connectivity index (χ1n) is 7.99. The number of carboxylic acid groups (broad SMARTS) is 1. The van der Waals surface area contributed by atoms with Crippen molar-refractivity contribution in [1.29, 1.82) is 0 Å². The average molecular weight is 419 g/mol. The number of hydrogen-bond acceptors (Lipinski definition) is 4. The molecule has 0 saturated heterocycles. The molecule has 1 aliphatic rings. The number of aromatic nitrogens is 2. The molecule has 0 radical (unpaired) electrons. The summed E-state index contributed by atoms with van der Waals surface area (Å²) in [6.07, 6.45) is -10.7. The van der Waals surface area contributed by atoms with Gasteiger partial charge in [0.1, 0.15) is 5.92 Å². The molecule has 3 rings (SSSR count). The van der Waals surface area contributed by atoms with E-state index in [1.165, 1.54) is 18.2 Å². The number of rotatable bonds is 4. The predicted octanol–water partition coefficient (Wildman–Crippen LogP) is 3.42. The van der Waals surface area contributed by atoms with Crippen molar-refractivity contribution in [1.82, 2.24) is 14.9 Å². The first-order chi connectivity index (χ1) is 13.5. The van der Waals surface area contributed by atoms with E-state index in [0.717, 1.165) is 6.07 Å². The molecule has 154 valence electrons. The van der Waals surface area contributed by atoms with Gasteiger partial charge < -0.3 is 5.11 Å². The van der Waals surface area contributed by atoms with Crippen LogP contribution in [0.4, 0.5) is 26.3 Å². The number of hydrogen-bond donors (Lipinski definition) is 1. The first-order valence-corrected chi connectivity index (χ1v) is 7.99. The zero-order valence-electron chi connectivity index (χ0n) is 14.1. The number of aliphatic carboxylic acids is 1. The molecule has 1 aromatic heterocycles. The molecular weight excluding hydrogens is 408 g/mol. The van der Waals surface area contributed by atoms with Gasteiger partial charge >= 0.3 is 12.1 Å². The second-order valence-corrected chi connectivity index (χ2v) is 6.11. The summed E-state index contributed by atoms with van der Waals surface area (Å²) in [7, 11) is 0. The third-order valence-electron chi connectivity index (χ3n) is 4.38. The summed E-state index contributed by atoms with van der Waals surface area (Å²) in [5.74, 6) is -6.12. The lowest BCUT2D eigenvalue weighted by Crippen LogP contribution is -2.50. The van der Waals surface area contributed by atoms with Crippen LogP contribution in [-0.2, 0) is 11.0 Å². The smallest absolute Gasteiger partial charge is 0.451 e. The monoisotopic (exact) mass is 419 g/mol. The Hall–Kier alpha value is -3.18. The Labute approximate surface area is 158 Å². The van der Waals surface area contributed by atoms with Crippen LogP contribution in [0.1, 0.15) is 39.3 Å². The van der Waals surface area contributed by atoms with Gasteiger partial charge in [-0.3, -0.25) is 14.5 Å². The van der Waals surface area contributed by atoms with Crippen molar-refractivity contribution in [3.8, 4) is 0 Å². The van der Waals surface area contributed by atoms with Crippen molar-refractivity contribution in [3.63, 3.8) is 0 Å². The van der Waals surface area contributed by atoms with E-state index in [1.54, 1.807) is 0 Å². The summed E-state index contributed by atoms with van der Waals surface area (Å²) in [4.78, 5) is 30.7. The van der Waals surface area contributed by atoms with Crippen LogP contribution in [0, 0.1) is 0 Å². The molecule has 1 N–H and O–H groups in total. The summed E-state index contributed by atoms with van der Waals surface area (Å²) >= 11 is 0. The molecule has 29 heavy (non-hydrogen) atoms. The molecule has 3 unspecified atom stereocenters. The van der Waals surface area contributed by atoms with Gasteiger partial charge in [0, 0.05) is 23.5 Å². The average Bonchev–Trinajstić information content (AvgIpc) is 2.66.